The number of nitrogens with zero attached hydrogens (tertiary/aromatic N) is 6. The second kappa shape index (κ2) is 6.96. The minimum absolute atomic E-state index is 0.460. The molecule has 2 heterocycles. The predicted octanol–water partition coefficient (Wildman–Crippen LogP) is 2.34. The Balaban J connectivity index is 1.30. The Hall–Kier alpha value is -2.00. The molecule has 0 N–H and O–H groups in total. The number of piperazine rings is 1. The van der Waals surface area contributed by atoms with Crippen molar-refractivity contribution in [3.05, 3.63) is 41.2 Å². The van der Waals surface area contributed by atoms with Crippen molar-refractivity contribution in [2.75, 3.05) is 26.2 Å². The fraction of sp³-hybridized carbons (Fsp3) is 0.588. The van der Waals surface area contributed by atoms with Gasteiger partial charge < -0.3 is 0 Å². The van der Waals surface area contributed by atoms with Crippen molar-refractivity contribution in [2.24, 2.45) is 0 Å². The molecule has 2 aliphatic rings. The van der Waals surface area contributed by atoms with Crippen LogP contribution in [0.15, 0.2) is 24.3 Å². The summed E-state index contributed by atoms with van der Waals surface area (Å²) in [7, 11) is 0. The van der Waals surface area contributed by atoms with Crippen molar-refractivity contribution >= 4 is 0 Å². The van der Waals surface area contributed by atoms with Gasteiger partial charge in [-0.1, -0.05) is 18.2 Å². The summed E-state index contributed by atoms with van der Waals surface area (Å²) >= 11 is 0. The molecule has 1 aliphatic carbocycles. The molecule has 4 rings (SSSR count). The van der Waals surface area contributed by atoms with Gasteiger partial charge in [-0.25, -0.2) is 4.68 Å². The Labute approximate surface area is 149 Å². The van der Waals surface area contributed by atoms with E-state index in [1.165, 1.54) is 12.1 Å². The summed E-state index contributed by atoms with van der Waals surface area (Å²) in [5, 5.41) is 12.0. The van der Waals surface area contributed by atoms with Crippen molar-refractivity contribution in [3.63, 3.8) is 0 Å². The van der Waals surface area contributed by atoms with Crippen LogP contribution in [0.3, 0.4) is 0 Å². The van der Waals surface area contributed by atoms with Crippen LogP contribution in [0, 0.1) is 0 Å². The van der Waals surface area contributed by atoms with Crippen molar-refractivity contribution in [1.29, 1.82) is 0 Å². The summed E-state index contributed by atoms with van der Waals surface area (Å²) < 4.78 is 40.4. The lowest BCUT2D eigenvalue weighted by Gasteiger charge is -2.34. The Kier molecular flexibility index (Phi) is 4.66. The molecular formula is C17H21F3N6. The lowest BCUT2D eigenvalue weighted by atomic mass is 10.1. The van der Waals surface area contributed by atoms with Crippen molar-refractivity contribution < 1.29 is 13.2 Å². The van der Waals surface area contributed by atoms with Crippen LogP contribution in [-0.4, -0.2) is 56.2 Å². The monoisotopic (exact) mass is 366 g/mol. The molecule has 2 fully saturated rings. The SMILES string of the molecule is FC(F)(F)c1cccc(CN2CCN(Cc3nnnn3C3CC3)CC2)c1. The van der Waals surface area contributed by atoms with Crippen LogP contribution in [-0.2, 0) is 19.3 Å². The van der Waals surface area contributed by atoms with Gasteiger partial charge in [0.1, 0.15) is 0 Å². The summed E-state index contributed by atoms with van der Waals surface area (Å²) in [6.45, 7) is 4.62. The molecule has 2 aromatic rings. The Bertz CT molecular complexity index is 747. The second-order valence-electron chi connectivity index (χ2n) is 7.02. The molecule has 0 atom stereocenters. The lowest BCUT2D eigenvalue weighted by molar-refractivity contribution is -0.137. The average molecular weight is 366 g/mol. The third kappa shape index (κ3) is 4.04. The van der Waals surface area contributed by atoms with Crippen molar-refractivity contribution in [3.8, 4) is 0 Å². The van der Waals surface area contributed by atoms with Crippen molar-refractivity contribution in [1.82, 2.24) is 30.0 Å². The number of benzene rings is 1. The molecule has 0 unspecified atom stereocenters. The summed E-state index contributed by atoms with van der Waals surface area (Å²) in [5.41, 5.74) is 0.117. The topological polar surface area (TPSA) is 50.1 Å². The number of halogens is 3. The Morgan fingerprint density at radius 3 is 2.35 bits per heavy atom. The summed E-state index contributed by atoms with van der Waals surface area (Å²) in [5.74, 6) is 0.902. The fourth-order valence-electron chi connectivity index (χ4n) is 3.33. The Morgan fingerprint density at radius 2 is 1.69 bits per heavy atom. The predicted molar refractivity (Wildman–Crippen MR) is 88.1 cm³/mol. The highest BCUT2D eigenvalue weighted by Crippen LogP contribution is 2.34. The van der Waals surface area contributed by atoms with Crippen LogP contribution >= 0.6 is 0 Å². The van der Waals surface area contributed by atoms with Crippen LogP contribution in [0.25, 0.3) is 0 Å². The maximum absolute atomic E-state index is 12.8. The maximum atomic E-state index is 12.8. The van der Waals surface area contributed by atoms with E-state index in [-0.39, 0.29) is 0 Å². The van der Waals surface area contributed by atoms with E-state index in [0.29, 0.717) is 18.2 Å². The van der Waals surface area contributed by atoms with E-state index in [1.807, 2.05) is 4.68 Å². The van der Waals surface area contributed by atoms with E-state index in [9.17, 15) is 13.2 Å². The van der Waals surface area contributed by atoms with E-state index in [1.54, 1.807) is 6.07 Å². The van der Waals surface area contributed by atoms with Gasteiger partial charge in [0.2, 0.25) is 0 Å². The molecule has 0 amide bonds. The van der Waals surface area contributed by atoms with Crippen molar-refractivity contribution in [2.45, 2.75) is 38.1 Å². The van der Waals surface area contributed by atoms with Crippen LogP contribution in [0.5, 0.6) is 0 Å². The average Bonchev–Trinajstić information content (AvgIpc) is 3.36. The van der Waals surface area contributed by atoms with Crippen LogP contribution in [0.4, 0.5) is 13.2 Å². The molecular weight excluding hydrogens is 345 g/mol. The molecule has 0 spiro atoms. The quantitative estimate of drug-likeness (QED) is 0.813. The zero-order valence-corrected chi connectivity index (χ0v) is 14.4. The lowest BCUT2D eigenvalue weighted by Crippen LogP contribution is -2.45. The van der Waals surface area contributed by atoms with E-state index < -0.39 is 11.7 Å². The van der Waals surface area contributed by atoms with Gasteiger partial charge >= 0.3 is 6.18 Å². The fourth-order valence-corrected chi connectivity index (χ4v) is 3.33. The first-order valence-electron chi connectivity index (χ1n) is 8.86. The van der Waals surface area contributed by atoms with E-state index in [4.69, 9.17) is 0 Å². The van der Waals surface area contributed by atoms with Gasteiger partial charge in [0.05, 0.1) is 18.2 Å². The molecule has 26 heavy (non-hydrogen) atoms. The van der Waals surface area contributed by atoms with Gasteiger partial charge in [-0.15, -0.1) is 5.10 Å². The highest BCUT2D eigenvalue weighted by Gasteiger charge is 2.31. The summed E-state index contributed by atoms with van der Waals surface area (Å²) in [6, 6.07) is 6.06. The van der Waals surface area contributed by atoms with Gasteiger partial charge in [0, 0.05) is 32.7 Å². The minimum Gasteiger partial charge on any atom is -0.297 e. The molecule has 1 aromatic carbocycles. The smallest absolute Gasteiger partial charge is 0.297 e. The molecule has 0 radical (unpaired) electrons. The number of rotatable bonds is 5. The van der Waals surface area contributed by atoms with Gasteiger partial charge in [0.15, 0.2) is 5.82 Å². The number of aromatic nitrogens is 4. The number of tetrazole rings is 1. The zero-order chi connectivity index (χ0) is 18.1. The molecule has 1 aliphatic heterocycles. The largest absolute Gasteiger partial charge is 0.416 e. The first-order chi connectivity index (χ1) is 12.5. The second-order valence-corrected chi connectivity index (χ2v) is 7.02. The van der Waals surface area contributed by atoms with E-state index in [2.05, 4.69) is 25.3 Å². The normalized spacial score (nSPS) is 19.8. The molecule has 1 saturated carbocycles. The number of hydrogen-bond acceptors (Lipinski definition) is 5. The van der Waals surface area contributed by atoms with Gasteiger partial charge in [-0.2, -0.15) is 13.2 Å². The summed E-state index contributed by atoms with van der Waals surface area (Å²) in [6.07, 6.45) is -2.01. The maximum Gasteiger partial charge on any atom is 0.416 e. The Morgan fingerprint density at radius 1 is 1.00 bits per heavy atom. The van der Waals surface area contributed by atoms with E-state index in [0.717, 1.165) is 57.5 Å². The number of alkyl halides is 3. The van der Waals surface area contributed by atoms with Gasteiger partial charge in [-0.05, 0) is 34.9 Å². The molecule has 9 heteroatoms. The standard InChI is InChI=1S/C17H21F3N6/c18-17(19,20)14-3-1-2-13(10-14)11-24-6-8-25(9-7-24)12-16-21-22-23-26(16)15-4-5-15/h1-3,10,15H,4-9,11-12H2. The minimum atomic E-state index is -4.29. The van der Waals surface area contributed by atoms with Crippen LogP contribution < -0.4 is 0 Å². The highest BCUT2D eigenvalue weighted by molar-refractivity contribution is 5.25. The third-order valence-electron chi connectivity index (χ3n) is 4.94. The molecule has 0 bridgehead atoms. The first-order valence-corrected chi connectivity index (χ1v) is 8.86. The van der Waals surface area contributed by atoms with Crippen LogP contribution in [0.2, 0.25) is 0 Å². The third-order valence-corrected chi connectivity index (χ3v) is 4.94. The molecule has 1 saturated heterocycles. The van der Waals surface area contributed by atoms with Gasteiger partial charge in [0.25, 0.3) is 0 Å². The number of hydrogen-bond donors (Lipinski definition) is 0. The van der Waals surface area contributed by atoms with E-state index >= 15 is 0 Å². The molecule has 1 aromatic heterocycles. The van der Waals surface area contributed by atoms with Crippen LogP contribution in [0.1, 0.15) is 35.8 Å². The zero-order valence-electron chi connectivity index (χ0n) is 14.4. The first kappa shape index (κ1) is 17.4. The molecule has 140 valence electrons. The summed E-state index contributed by atoms with van der Waals surface area (Å²) in [4.78, 5) is 4.49. The molecule has 6 nitrogen and oxygen atoms in total. The van der Waals surface area contributed by atoms with Gasteiger partial charge in [-0.3, -0.25) is 9.80 Å². The highest BCUT2D eigenvalue weighted by atomic mass is 19.4.